The summed E-state index contributed by atoms with van der Waals surface area (Å²) < 4.78 is 1.66. The Morgan fingerprint density at radius 2 is 2.13 bits per heavy atom. The number of hydrogen-bond acceptors (Lipinski definition) is 1. The van der Waals surface area contributed by atoms with E-state index in [2.05, 4.69) is 0 Å². The minimum Gasteiger partial charge on any atom is -0.315 e. The van der Waals surface area contributed by atoms with Gasteiger partial charge < -0.3 is 4.57 Å². The van der Waals surface area contributed by atoms with Gasteiger partial charge in [0, 0.05) is 12.7 Å². The molecule has 0 fully saturated rings. The Bertz CT molecular complexity index is 572. The molecule has 15 heavy (non-hydrogen) atoms. The Hall–Kier alpha value is -1.28. The molecule has 0 unspecified atom stereocenters. The van der Waals surface area contributed by atoms with Crippen LogP contribution in [0.4, 0.5) is 0 Å². The van der Waals surface area contributed by atoms with Crippen molar-refractivity contribution in [2.45, 2.75) is 13.3 Å². The molecule has 1 heterocycles. The molecule has 0 saturated heterocycles. The minimum absolute atomic E-state index is 0.0186. The fourth-order valence-electron chi connectivity index (χ4n) is 1.80. The molecule has 0 aliphatic rings. The van der Waals surface area contributed by atoms with E-state index in [4.69, 9.17) is 11.6 Å². The monoisotopic (exact) mass is 221 g/mol. The summed E-state index contributed by atoms with van der Waals surface area (Å²) in [6.45, 7) is 2.03. The standard InChI is InChI=1S/C12H12ClNO/c1-3-9-7-8-5-4-6-10(13)11(8)12(15)14(9)2/h4-7H,3H2,1-2H3. The second-order valence-corrected chi connectivity index (χ2v) is 3.96. The first-order chi connectivity index (χ1) is 7.15. The minimum atomic E-state index is -0.0186. The maximum Gasteiger partial charge on any atom is 0.259 e. The first-order valence-corrected chi connectivity index (χ1v) is 5.30. The molecular formula is C12H12ClNO. The van der Waals surface area contributed by atoms with Crippen molar-refractivity contribution in [3.8, 4) is 0 Å². The summed E-state index contributed by atoms with van der Waals surface area (Å²) in [5.41, 5.74) is 1.00. The van der Waals surface area contributed by atoms with E-state index >= 15 is 0 Å². The van der Waals surface area contributed by atoms with E-state index in [1.165, 1.54) is 0 Å². The van der Waals surface area contributed by atoms with Crippen molar-refractivity contribution in [2.75, 3.05) is 0 Å². The van der Waals surface area contributed by atoms with E-state index in [0.717, 1.165) is 17.5 Å². The number of rotatable bonds is 1. The number of halogens is 1. The predicted molar refractivity (Wildman–Crippen MR) is 63.6 cm³/mol. The van der Waals surface area contributed by atoms with E-state index in [9.17, 15) is 4.79 Å². The van der Waals surface area contributed by atoms with Crippen molar-refractivity contribution in [2.24, 2.45) is 7.05 Å². The van der Waals surface area contributed by atoms with E-state index < -0.39 is 0 Å². The van der Waals surface area contributed by atoms with E-state index in [1.54, 1.807) is 17.7 Å². The van der Waals surface area contributed by atoms with Gasteiger partial charge in [-0.05, 0) is 23.9 Å². The van der Waals surface area contributed by atoms with Gasteiger partial charge in [0.25, 0.3) is 5.56 Å². The highest BCUT2D eigenvalue weighted by molar-refractivity contribution is 6.35. The second-order valence-electron chi connectivity index (χ2n) is 3.56. The van der Waals surface area contributed by atoms with Crippen LogP contribution in [0.1, 0.15) is 12.6 Å². The normalized spacial score (nSPS) is 10.9. The maximum absolute atomic E-state index is 12.0. The number of nitrogens with zero attached hydrogens (tertiary/aromatic N) is 1. The molecule has 0 bridgehead atoms. The maximum atomic E-state index is 12.0. The predicted octanol–water partition coefficient (Wildman–Crippen LogP) is 2.75. The average molecular weight is 222 g/mol. The summed E-state index contributed by atoms with van der Waals surface area (Å²) in [6.07, 6.45) is 0.841. The van der Waals surface area contributed by atoms with Crippen molar-refractivity contribution in [1.82, 2.24) is 4.57 Å². The molecule has 0 amide bonds. The number of benzene rings is 1. The van der Waals surface area contributed by atoms with Gasteiger partial charge in [-0.25, -0.2) is 0 Å². The van der Waals surface area contributed by atoms with Gasteiger partial charge in [-0.2, -0.15) is 0 Å². The molecule has 2 nitrogen and oxygen atoms in total. The zero-order chi connectivity index (χ0) is 11.0. The van der Waals surface area contributed by atoms with Gasteiger partial charge in [-0.3, -0.25) is 4.79 Å². The highest BCUT2D eigenvalue weighted by Gasteiger charge is 2.07. The quantitative estimate of drug-likeness (QED) is 0.726. The van der Waals surface area contributed by atoms with Gasteiger partial charge >= 0.3 is 0 Å². The highest BCUT2D eigenvalue weighted by atomic mass is 35.5. The Morgan fingerprint density at radius 3 is 2.80 bits per heavy atom. The van der Waals surface area contributed by atoms with E-state index in [1.807, 2.05) is 25.1 Å². The Balaban J connectivity index is 2.98. The third kappa shape index (κ3) is 1.55. The number of aromatic nitrogens is 1. The van der Waals surface area contributed by atoms with Gasteiger partial charge in [0.1, 0.15) is 0 Å². The molecule has 0 saturated carbocycles. The van der Waals surface area contributed by atoms with Gasteiger partial charge in [0.15, 0.2) is 0 Å². The smallest absolute Gasteiger partial charge is 0.259 e. The number of aryl methyl sites for hydroxylation is 1. The largest absolute Gasteiger partial charge is 0.315 e. The summed E-state index contributed by atoms with van der Waals surface area (Å²) in [4.78, 5) is 12.0. The molecule has 3 heteroatoms. The van der Waals surface area contributed by atoms with E-state index in [-0.39, 0.29) is 5.56 Å². The van der Waals surface area contributed by atoms with Crippen LogP contribution in [-0.4, -0.2) is 4.57 Å². The van der Waals surface area contributed by atoms with Gasteiger partial charge in [-0.1, -0.05) is 30.7 Å². The van der Waals surface area contributed by atoms with Gasteiger partial charge in [-0.15, -0.1) is 0 Å². The third-order valence-electron chi connectivity index (χ3n) is 2.68. The molecule has 0 aliphatic carbocycles. The Kier molecular flexibility index (Phi) is 2.53. The van der Waals surface area contributed by atoms with Crippen LogP contribution in [0.2, 0.25) is 5.02 Å². The SMILES string of the molecule is CCc1cc2cccc(Cl)c2c(=O)n1C. The van der Waals surface area contributed by atoms with Crippen LogP contribution in [0.15, 0.2) is 29.1 Å². The molecule has 2 aromatic rings. The molecule has 1 aromatic heterocycles. The molecule has 1 aromatic carbocycles. The molecule has 2 rings (SSSR count). The first-order valence-electron chi connectivity index (χ1n) is 4.92. The Labute approximate surface area is 93.1 Å². The Morgan fingerprint density at radius 1 is 1.40 bits per heavy atom. The molecule has 0 aliphatic heterocycles. The lowest BCUT2D eigenvalue weighted by Crippen LogP contribution is -2.20. The summed E-state index contributed by atoms with van der Waals surface area (Å²) in [5, 5.41) is 2.05. The van der Waals surface area contributed by atoms with Crippen LogP contribution in [0.25, 0.3) is 10.8 Å². The molecule has 0 atom stereocenters. The summed E-state index contributed by atoms with van der Waals surface area (Å²) in [5.74, 6) is 0. The molecular weight excluding hydrogens is 210 g/mol. The van der Waals surface area contributed by atoms with Crippen molar-refractivity contribution < 1.29 is 0 Å². The van der Waals surface area contributed by atoms with Crippen molar-refractivity contribution in [3.63, 3.8) is 0 Å². The van der Waals surface area contributed by atoms with Crippen molar-refractivity contribution in [3.05, 3.63) is 45.3 Å². The average Bonchev–Trinajstić information content (AvgIpc) is 2.23. The third-order valence-corrected chi connectivity index (χ3v) is 2.99. The second kappa shape index (κ2) is 3.70. The van der Waals surface area contributed by atoms with Crippen LogP contribution < -0.4 is 5.56 Å². The summed E-state index contributed by atoms with van der Waals surface area (Å²) >= 11 is 6.02. The molecule has 0 radical (unpaired) electrons. The molecule has 0 spiro atoms. The van der Waals surface area contributed by atoms with Crippen LogP contribution in [0, 0.1) is 0 Å². The zero-order valence-corrected chi connectivity index (χ0v) is 9.51. The van der Waals surface area contributed by atoms with Crippen molar-refractivity contribution >= 4 is 22.4 Å². The van der Waals surface area contributed by atoms with Gasteiger partial charge in [0.2, 0.25) is 0 Å². The van der Waals surface area contributed by atoms with E-state index in [0.29, 0.717) is 10.4 Å². The lowest BCUT2D eigenvalue weighted by Gasteiger charge is -2.08. The van der Waals surface area contributed by atoms with Gasteiger partial charge in [0.05, 0.1) is 10.4 Å². The number of hydrogen-bond donors (Lipinski definition) is 0. The molecule has 0 N–H and O–H groups in total. The summed E-state index contributed by atoms with van der Waals surface area (Å²) in [7, 11) is 1.78. The van der Waals surface area contributed by atoms with Crippen LogP contribution in [-0.2, 0) is 13.5 Å². The zero-order valence-electron chi connectivity index (χ0n) is 8.75. The summed E-state index contributed by atoms with van der Waals surface area (Å²) in [6, 6.07) is 7.55. The van der Waals surface area contributed by atoms with Crippen LogP contribution >= 0.6 is 11.6 Å². The topological polar surface area (TPSA) is 22.0 Å². The number of pyridine rings is 1. The van der Waals surface area contributed by atoms with Crippen molar-refractivity contribution in [1.29, 1.82) is 0 Å². The lowest BCUT2D eigenvalue weighted by molar-refractivity contribution is 0.793. The number of fused-ring (bicyclic) bond motifs is 1. The fourth-order valence-corrected chi connectivity index (χ4v) is 2.06. The highest BCUT2D eigenvalue weighted by Crippen LogP contribution is 2.20. The van der Waals surface area contributed by atoms with Crippen LogP contribution in [0.5, 0.6) is 0 Å². The fraction of sp³-hybridized carbons (Fsp3) is 0.250. The molecule has 78 valence electrons. The lowest BCUT2D eigenvalue weighted by atomic mass is 10.1. The first kappa shape index (κ1) is 10.2. The van der Waals surface area contributed by atoms with Crippen LogP contribution in [0.3, 0.4) is 0 Å².